The van der Waals surface area contributed by atoms with Crippen LogP contribution in [0.25, 0.3) is 0 Å². The summed E-state index contributed by atoms with van der Waals surface area (Å²) in [5.74, 6) is 0. The first-order valence-electron chi connectivity index (χ1n) is 3.31. The average Bonchev–Trinajstić information content (AvgIpc) is 1.86. The Kier molecular flexibility index (Phi) is 2.74. The molecular formula is C5H10ClNO3S. The minimum absolute atomic E-state index is 0.147. The van der Waals surface area contributed by atoms with E-state index in [1.165, 1.54) is 4.31 Å². The van der Waals surface area contributed by atoms with Gasteiger partial charge in [0.15, 0.2) is 0 Å². The molecule has 1 aliphatic heterocycles. The topological polar surface area (TPSA) is 46.6 Å². The average molecular weight is 200 g/mol. The molecule has 0 bridgehead atoms. The second-order valence-electron chi connectivity index (χ2n) is 2.48. The minimum atomic E-state index is -3.55. The lowest BCUT2D eigenvalue weighted by molar-refractivity contribution is 0.0403. The van der Waals surface area contributed by atoms with Crippen LogP contribution < -0.4 is 0 Å². The summed E-state index contributed by atoms with van der Waals surface area (Å²) in [5, 5.41) is 0. The predicted molar refractivity (Wildman–Crippen MR) is 41.8 cm³/mol. The second-order valence-corrected chi connectivity index (χ2v) is 4.94. The van der Waals surface area contributed by atoms with E-state index in [2.05, 4.69) is 0 Å². The molecule has 66 valence electrons. The van der Waals surface area contributed by atoms with Crippen molar-refractivity contribution >= 4 is 19.9 Å². The molecule has 0 saturated carbocycles. The summed E-state index contributed by atoms with van der Waals surface area (Å²) in [7, 11) is 1.60. The van der Waals surface area contributed by atoms with Crippen molar-refractivity contribution in [2.24, 2.45) is 0 Å². The lowest BCUT2D eigenvalue weighted by Crippen LogP contribution is -2.45. The number of hydrogen-bond acceptors (Lipinski definition) is 3. The van der Waals surface area contributed by atoms with Gasteiger partial charge in [0.1, 0.15) is 0 Å². The largest absolute Gasteiger partial charge is 0.378 e. The molecule has 0 unspecified atom stereocenters. The zero-order chi connectivity index (χ0) is 8.48. The molecule has 1 atom stereocenters. The molecule has 11 heavy (non-hydrogen) atoms. The van der Waals surface area contributed by atoms with E-state index in [1.807, 2.05) is 0 Å². The molecule has 0 aromatic carbocycles. The summed E-state index contributed by atoms with van der Waals surface area (Å²) in [6, 6.07) is -0.147. The third-order valence-corrected chi connectivity index (χ3v) is 3.22. The summed E-state index contributed by atoms with van der Waals surface area (Å²) >= 11 is 0. The minimum Gasteiger partial charge on any atom is -0.378 e. The van der Waals surface area contributed by atoms with Crippen molar-refractivity contribution in [1.29, 1.82) is 0 Å². The second kappa shape index (κ2) is 3.26. The van der Waals surface area contributed by atoms with Gasteiger partial charge in [0, 0.05) is 23.3 Å². The number of rotatable bonds is 1. The molecule has 6 heteroatoms. The molecular weight excluding hydrogens is 190 g/mol. The number of halogens is 1. The Morgan fingerprint density at radius 3 is 2.64 bits per heavy atom. The number of ether oxygens (including phenoxy) is 1. The lowest BCUT2D eigenvalue weighted by atomic mass is 10.3. The van der Waals surface area contributed by atoms with E-state index in [0.717, 1.165) is 0 Å². The van der Waals surface area contributed by atoms with Crippen molar-refractivity contribution in [3.63, 3.8) is 0 Å². The number of nitrogens with zero attached hydrogens (tertiary/aromatic N) is 1. The number of morpholine rings is 1. The molecule has 0 aromatic rings. The summed E-state index contributed by atoms with van der Waals surface area (Å²) in [5.41, 5.74) is 0. The predicted octanol–water partition coefficient (Wildman–Crippen LogP) is 0.191. The van der Waals surface area contributed by atoms with Crippen LogP contribution in [0.2, 0.25) is 0 Å². The molecule has 0 aliphatic carbocycles. The van der Waals surface area contributed by atoms with Crippen molar-refractivity contribution in [3.8, 4) is 0 Å². The highest BCUT2D eigenvalue weighted by Crippen LogP contribution is 2.14. The fourth-order valence-electron chi connectivity index (χ4n) is 1.04. The molecule has 0 amide bonds. The highest BCUT2D eigenvalue weighted by Gasteiger charge is 2.27. The van der Waals surface area contributed by atoms with E-state index in [0.29, 0.717) is 19.8 Å². The van der Waals surface area contributed by atoms with Gasteiger partial charge in [-0.2, -0.15) is 12.7 Å². The maximum absolute atomic E-state index is 10.8. The van der Waals surface area contributed by atoms with Gasteiger partial charge in [-0.05, 0) is 6.92 Å². The van der Waals surface area contributed by atoms with Crippen LogP contribution in [0.3, 0.4) is 0 Å². The molecule has 1 fully saturated rings. The highest BCUT2D eigenvalue weighted by atomic mass is 35.7. The van der Waals surface area contributed by atoms with Crippen LogP contribution in [-0.4, -0.2) is 38.5 Å². The molecule has 0 radical (unpaired) electrons. The standard InChI is InChI=1S/C5H10ClNO3S/c1-5-4-10-3-2-7(5)11(6,8)9/h5H,2-4H2,1H3/t5-/m1/s1. The van der Waals surface area contributed by atoms with Crippen LogP contribution >= 0.6 is 10.7 Å². The van der Waals surface area contributed by atoms with Gasteiger partial charge in [0.25, 0.3) is 9.24 Å². The maximum Gasteiger partial charge on any atom is 0.300 e. The van der Waals surface area contributed by atoms with Gasteiger partial charge in [-0.1, -0.05) is 0 Å². The Labute approximate surface area is 70.6 Å². The summed E-state index contributed by atoms with van der Waals surface area (Å²) in [6.45, 7) is 2.97. The zero-order valence-electron chi connectivity index (χ0n) is 6.16. The quantitative estimate of drug-likeness (QED) is 0.567. The van der Waals surface area contributed by atoms with E-state index in [-0.39, 0.29) is 6.04 Å². The van der Waals surface area contributed by atoms with Crippen LogP contribution in [0, 0.1) is 0 Å². The van der Waals surface area contributed by atoms with E-state index in [4.69, 9.17) is 15.4 Å². The first-order chi connectivity index (χ1) is 5.02. The van der Waals surface area contributed by atoms with E-state index in [1.54, 1.807) is 6.92 Å². The zero-order valence-corrected chi connectivity index (χ0v) is 7.73. The van der Waals surface area contributed by atoms with Crippen molar-refractivity contribution in [1.82, 2.24) is 4.31 Å². The van der Waals surface area contributed by atoms with Crippen molar-refractivity contribution in [2.45, 2.75) is 13.0 Å². The first kappa shape index (κ1) is 9.25. The van der Waals surface area contributed by atoms with Gasteiger partial charge in [-0.15, -0.1) is 0 Å². The summed E-state index contributed by atoms with van der Waals surface area (Å²) < 4.78 is 27.9. The van der Waals surface area contributed by atoms with Gasteiger partial charge < -0.3 is 4.74 Å². The molecule has 1 heterocycles. The van der Waals surface area contributed by atoms with Gasteiger partial charge in [0.05, 0.1) is 13.2 Å². The monoisotopic (exact) mass is 199 g/mol. The smallest absolute Gasteiger partial charge is 0.300 e. The van der Waals surface area contributed by atoms with Crippen molar-refractivity contribution in [3.05, 3.63) is 0 Å². The SMILES string of the molecule is C[C@@H]1COCCN1S(=O)(=O)Cl. The Morgan fingerprint density at radius 2 is 2.27 bits per heavy atom. The van der Waals surface area contributed by atoms with Gasteiger partial charge >= 0.3 is 0 Å². The fourth-order valence-corrected chi connectivity index (χ4v) is 2.43. The van der Waals surface area contributed by atoms with Crippen molar-refractivity contribution in [2.75, 3.05) is 19.8 Å². The van der Waals surface area contributed by atoms with E-state index in [9.17, 15) is 8.42 Å². The lowest BCUT2D eigenvalue weighted by Gasteiger charge is -2.29. The molecule has 0 N–H and O–H groups in total. The highest BCUT2D eigenvalue weighted by molar-refractivity contribution is 8.11. The molecule has 1 rings (SSSR count). The molecule has 0 spiro atoms. The van der Waals surface area contributed by atoms with E-state index >= 15 is 0 Å². The van der Waals surface area contributed by atoms with Crippen LogP contribution in [-0.2, 0) is 14.0 Å². The molecule has 1 aliphatic rings. The Balaban J connectivity index is 2.70. The number of hydrogen-bond donors (Lipinski definition) is 0. The van der Waals surface area contributed by atoms with Crippen LogP contribution in [0.4, 0.5) is 0 Å². The molecule has 0 aromatic heterocycles. The fraction of sp³-hybridized carbons (Fsp3) is 1.00. The third-order valence-electron chi connectivity index (χ3n) is 1.59. The Hall–Kier alpha value is 0.160. The maximum atomic E-state index is 10.8. The van der Waals surface area contributed by atoms with E-state index < -0.39 is 9.24 Å². The Bertz CT molecular complexity index is 228. The van der Waals surface area contributed by atoms with Crippen LogP contribution in [0.1, 0.15) is 6.92 Å². The van der Waals surface area contributed by atoms with Crippen molar-refractivity contribution < 1.29 is 13.2 Å². The van der Waals surface area contributed by atoms with Gasteiger partial charge in [0.2, 0.25) is 0 Å². The third kappa shape index (κ3) is 2.30. The summed E-state index contributed by atoms with van der Waals surface area (Å²) in [4.78, 5) is 0. The molecule has 1 saturated heterocycles. The first-order valence-corrected chi connectivity index (χ1v) is 5.57. The molecule has 4 nitrogen and oxygen atoms in total. The van der Waals surface area contributed by atoms with Gasteiger partial charge in [-0.25, -0.2) is 0 Å². The summed E-state index contributed by atoms with van der Waals surface area (Å²) in [6.07, 6.45) is 0. The van der Waals surface area contributed by atoms with Gasteiger partial charge in [-0.3, -0.25) is 0 Å². The normalized spacial score (nSPS) is 28.7. The Morgan fingerprint density at radius 1 is 1.64 bits per heavy atom. The van der Waals surface area contributed by atoms with Crippen LogP contribution in [0.15, 0.2) is 0 Å². The van der Waals surface area contributed by atoms with Crippen LogP contribution in [0.5, 0.6) is 0 Å².